The Morgan fingerprint density at radius 2 is 1.83 bits per heavy atom. The standard InChI is InChI=1S/C19H18N4/c1-3-23-18(19-12-20-13-22(19)2)11-17(21-23)16-10-6-8-14-7-4-5-9-15(14)16/h4-13H,3H2,1-2H3. The lowest BCUT2D eigenvalue weighted by Gasteiger charge is -2.04. The first-order chi connectivity index (χ1) is 11.3. The third kappa shape index (κ3) is 2.23. The lowest BCUT2D eigenvalue weighted by atomic mass is 10.0. The Kier molecular flexibility index (Phi) is 3.23. The van der Waals surface area contributed by atoms with Crippen molar-refractivity contribution < 1.29 is 0 Å². The zero-order valence-electron chi connectivity index (χ0n) is 13.3. The van der Waals surface area contributed by atoms with E-state index in [0.717, 1.165) is 23.6 Å². The molecule has 0 fully saturated rings. The van der Waals surface area contributed by atoms with Gasteiger partial charge in [-0.05, 0) is 23.8 Å². The fraction of sp³-hybridized carbons (Fsp3) is 0.158. The minimum Gasteiger partial charge on any atom is -0.332 e. The molecule has 0 aliphatic carbocycles. The molecule has 4 aromatic rings. The summed E-state index contributed by atoms with van der Waals surface area (Å²) in [4.78, 5) is 4.23. The van der Waals surface area contributed by atoms with Gasteiger partial charge in [0.2, 0.25) is 0 Å². The van der Waals surface area contributed by atoms with Crippen molar-refractivity contribution in [3.63, 3.8) is 0 Å². The molecule has 4 rings (SSSR count). The summed E-state index contributed by atoms with van der Waals surface area (Å²) in [5.41, 5.74) is 4.33. The zero-order valence-corrected chi connectivity index (χ0v) is 13.3. The molecule has 4 nitrogen and oxygen atoms in total. The second-order valence-electron chi connectivity index (χ2n) is 5.65. The smallest absolute Gasteiger partial charge is 0.0948 e. The van der Waals surface area contributed by atoms with Gasteiger partial charge >= 0.3 is 0 Å². The third-order valence-electron chi connectivity index (χ3n) is 4.22. The van der Waals surface area contributed by atoms with E-state index in [0.29, 0.717) is 0 Å². The van der Waals surface area contributed by atoms with E-state index in [9.17, 15) is 0 Å². The van der Waals surface area contributed by atoms with Crippen LogP contribution in [-0.4, -0.2) is 19.3 Å². The Morgan fingerprint density at radius 3 is 2.61 bits per heavy atom. The Labute approximate surface area is 135 Å². The van der Waals surface area contributed by atoms with Crippen molar-refractivity contribution >= 4 is 10.8 Å². The second-order valence-corrected chi connectivity index (χ2v) is 5.65. The second kappa shape index (κ2) is 5.39. The lowest BCUT2D eigenvalue weighted by molar-refractivity contribution is 0.665. The van der Waals surface area contributed by atoms with E-state index in [4.69, 9.17) is 5.10 Å². The van der Waals surface area contributed by atoms with Gasteiger partial charge in [-0.15, -0.1) is 0 Å². The van der Waals surface area contributed by atoms with E-state index < -0.39 is 0 Å². The van der Waals surface area contributed by atoms with Gasteiger partial charge in [0.1, 0.15) is 0 Å². The van der Waals surface area contributed by atoms with Crippen molar-refractivity contribution in [2.75, 3.05) is 0 Å². The Hall–Kier alpha value is -2.88. The quantitative estimate of drug-likeness (QED) is 0.570. The van der Waals surface area contributed by atoms with Gasteiger partial charge in [-0.1, -0.05) is 42.5 Å². The summed E-state index contributed by atoms with van der Waals surface area (Å²) < 4.78 is 4.06. The van der Waals surface area contributed by atoms with Crippen molar-refractivity contribution in [3.05, 3.63) is 61.1 Å². The molecule has 23 heavy (non-hydrogen) atoms. The molecule has 0 bridgehead atoms. The van der Waals surface area contributed by atoms with Crippen LogP contribution in [0.15, 0.2) is 61.1 Å². The highest BCUT2D eigenvalue weighted by atomic mass is 15.3. The number of nitrogens with zero attached hydrogens (tertiary/aromatic N) is 4. The third-order valence-corrected chi connectivity index (χ3v) is 4.22. The predicted octanol–water partition coefficient (Wildman–Crippen LogP) is 4.12. The minimum atomic E-state index is 0.825. The summed E-state index contributed by atoms with van der Waals surface area (Å²) in [6.45, 7) is 2.94. The first kappa shape index (κ1) is 13.8. The van der Waals surface area contributed by atoms with Crippen molar-refractivity contribution in [1.29, 1.82) is 0 Å². The number of rotatable bonds is 3. The maximum Gasteiger partial charge on any atom is 0.0948 e. The van der Waals surface area contributed by atoms with Gasteiger partial charge in [-0.3, -0.25) is 4.68 Å². The summed E-state index contributed by atoms with van der Waals surface area (Å²) in [6.07, 6.45) is 3.70. The molecule has 2 aromatic heterocycles. The molecular formula is C19H18N4. The van der Waals surface area contributed by atoms with Gasteiger partial charge in [0.25, 0.3) is 0 Å². The van der Waals surface area contributed by atoms with Crippen LogP contribution in [-0.2, 0) is 13.6 Å². The number of hydrogen-bond acceptors (Lipinski definition) is 2. The molecule has 4 heteroatoms. The molecule has 0 N–H and O–H groups in total. The summed E-state index contributed by atoms with van der Waals surface area (Å²) in [5.74, 6) is 0. The lowest BCUT2D eigenvalue weighted by Crippen LogP contribution is -2.01. The number of fused-ring (bicyclic) bond motifs is 1. The van der Waals surface area contributed by atoms with Gasteiger partial charge in [0.05, 0.1) is 29.6 Å². The first-order valence-electron chi connectivity index (χ1n) is 7.80. The Balaban J connectivity index is 1.93. The molecule has 2 aromatic carbocycles. The van der Waals surface area contributed by atoms with E-state index in [1.54, 1.807) is 0 Å². The largest absolute Gasteiger partial charge is 0.332 e. The molecule has 0 saturated heterocycles. The van der Waals surface area contributed by atoms with Crippen LogP contribution < -0.4 is 0 Å². The maximum atomic E-state index is 4.82. The normalized spacial score (nSPS) is 11.2. The van der Waals surface area contributed by atoms with E-state index in [-0.39, 0.29) is 0 Å². The van der Waals surface area contributed by atoms with Gasteiger partial charge in [-0.2, -0.15) is 5.10 Å². The molecule has 0 amide bonds. The molecule has 0 saturated carbocycles. The highest BCUT2D eigenvalue weighted by molar-refractivity contribution is 5.96. The highest BCUT2D eigenvalue weighted by Gasteiger charge is 2.14. The number of aryl methyl sites for hydroxylation is 2. The molecular weight excluding hydrogens is 284 g/mol. The number of benzene rings is 2. The first-order valence-corrected chi connectivity index (χ1v) is 7.80. The Morgan fingerprint density at radius 1 is 1.00 bits per heavy atom. The van der Waals surface area contributed by atoms with E-state index in [1.165, 1.54) is 16.3 Å². The fourth-order valence-electron chi connectivity index (χ4n) is 3.05. The van der Waals surface area contributed by atoms with Gasteiger partial charge in [0.15, 0.2) is 0 Å². The highest BCUT2D eigenvalue weighted by Crippen LogP contribution is 2.30. The maximum absolute atomic E-state index is 4.82. The molecule has 0 atom stereocenters. The molecule has 114 valence electrons. The number of imidazole rings is 1. The number of hydrogen-bond donors (Lipinski definition) is 0. The molecule has 2 heterocycles. The van der Waals surface area contributed by atoms with Gasteiger partial charge in [0, 0.05) is 19.2 Å². The van der Waals surface area contributed by atoms with Crippen molar-refractivity contribution in [2.45, 2.75) is 13.5 Å². The molecule has 0 aliphatic rings. The average Bonchev–Trinajstić information content (AvgIpc) is 3.19. The van der Waals surface area contributed by atoms with Crippen LogP contribution in [0.5, 0.6) is 0 Å². The predicted molar refractivity (Wildman–Crippen MR) is 93.0 cm³/mol. The van der Waals surface area contributed by atoms with Crippen molar-refractivity contribution in [1.82, 2.24) is 19.3 Å². The minimum absolute atomic E-state index is 0.825. The van der Waals surface area contributed by atoms with Gasteiger partial charge in [-0.25, -0.2) is 4.98 Å². The Bertz CT molecular complexity index is 973. The SMILES string of the molecule is CCn1nc(-c2cccc3ccccc23)cc1-c1cncn1C. The topological polar surface area (TPSA) is 35.6 Å². The molecule has 0 aliphatic heterocycles. The van der Waals surface area contributed by atoms with Crippen LogP contribution in [0.2, 0.25) is 0 Å². The van der Waals surface area contributed by atoms with Crippen molar-refractivity contribution in [3.8, 4) is 22.6 Å². The molecule has 0 radical (unpaired) electrons. The van der Waals surface area contributed by atoms with Crippen LogP contribution >= 0.6 is 0 Å². The van der Waals surface area contributed by atoms with Crippen LogP contribution in [0.4, 0.5) is 0 Å². The zero-order chi connectivity index (χ0) is 15.8. The number of aromatic nitrogens is 4. The summed E-state index contributed by atoms with van der Waals surface area (Å²) >= 11 is 0. The fourth-order valence-corrected chi connectivity index (χ4v) is 3.05. The van der Waals surface area contributed by atoms with Gasteiger partial charge < -0.3 is 4.57 Å². The monoisotopic (exact) mass is 302 g/mol. The van der Waals surface area contributed by atoms with Crippen LogP contribution in [0.1, 0.15) is 6.92 Å². The molecule has 0 unspecified atom stereocenters. The van der Waals surface area contributed by atoms with Crippen LogP contribution in [0.3, 0.4) is 0 Å². The summed E-state index contributed by atoms with van der Waals surface area (Å²) in [7, 11) is 2.01. The van der Waals surface area contributed by atoms with Crippen LogP contribution in [0, 0.1) is 0 Å². The summed E-state index contributed by atoms with van der Waals surface area (Å²) in [6, 6.07) is 16.9. The van der Waals surface area contributed by atoms with E-state index in [2.05, 4.69) is 60.4 Å². The average molecular weight is 302 g/mol. The summed E-state index contributed by atoms with van der Waals surface area (Å²) in [5, 5.41) is 7.29. The van der Waals surface area contributed by atoms with E-state index >= 15 is 0 Å². The van der Waals surface area contributed by atoms with E-state index in [1.807, 2.05) is 28.8 Å². The van der Waals surface area contributed by atoms with Crippen LogP contribution in [0.25, 0.3) is 33.4 Å². The molecule has 0 spiro atoms. The van der Waals surface area contributed by atoms with Crippen molar-refractivity contribution in [2.24, 2.45) is 7.05 Å².